The van der Waals surface area contributed by atoms with Crippen molar-refractivity contribution in [3.05, 3.63) is 21.6 Å². The molecule has 0 bridgehead atoms. The summed E-state index contributed by atoms with van der Waals surface area (Å²) >= 11 is 1.58. The zero-order valence-electron chi connectivity index (χ0n) is 19.2. The van der Waals surface area contributed by atoms with Crippen LogP contribution in [-0.2, 0) is 17.9 Å². The Labute approximate surface area is 184 Å². The highest BCUT2D eigenvalue weighted by atomic mass is 32.1. The zero-order valence-corrected chi connectivity index (χ0v) is 21.0. The number of aryl methyl sites for hydroxylation is 1. The van der Waals surface area contributed by atoms with Gasteiger partial charge < -0.3 is 14.7 Å². The second kappa shape index (κ2) is 8.43. The molecule has 1 N–H and O–H groups in total. The molecule has 1 atom stereocenters. The molecule has 1 unspecified atom stereocenters. The van der Waals surface area contributed by atoms with Gasteiger partial charge in [-0.15, -0.1) is 11.3 Å². The molecule has 166 valence electrons. The van der Waals surface area contributed by atoms with E-state index in [2.05, 4.69) is 45.4 Å². The molecular formula is C21H34N4O3SSi. The van der Waals surface area contributed by atoms with Crippen LogP contribution in [0.25, 0.3) is 11.4 Å². The van der Waals surface area contributed by atoms with Gasteiger partial charge in [0.05, 0.1) is 11.0 Å². The lowest BCUT2D eigenvalue weighted by molar-refractivity contribution is 0.0648. The van der Waals surface area contributed by atoms with Crippen molar-refractivity contribution in [2.75, 3.05) is 13.2 Å². The smallest absolute Gasteiger partial charge is 0.407 e. The second-order valence-electron chi connectivity index (χ2n) is 10.3. The molecule has 1 amide bonds. The van der Waals surface area contributed by atoms with Crippen molar-refractivity contribution in [1.82, 2.24) is 19.7 Å². The molecule has 0 spiro atoms. The molecule has 1 aliphatic rings. The monoisotopic (exact) mass is 450 g/mol. The van der Waals surface area contributed by atoms with Crippen LogP contribution >= 0.6 is 11.3 Å². The van der Waals surface area contributed by atoms with Crippen LogP contribution in [-0.4, -0.2) is 52.1 Å². The number of ether oxygens (including phenoxy) is 1. The largest absolute Gasteiger partial charge is 0.465 e. The Kier molecular flexibility index (Phi) is 6.45. The van der Waals surface area contributed by atoms with Crippen molar-refractivity contribution in [2.45, 2.75) is 72.6 Å². The molecule has 0 fully saturated rings. The summed E-state index contributed by atoms with van der Waals surface area (Å²) in [5.41, 5.74) is 3.38. The van der Waals surface area contributed by atoms with E-state index in [1.165, 1.54) is 0 Å². The van der Waals surface area contributed by atoms with E-state index in [9.17, 15) is 9.90 Å². The number of aromatic nitrogens is 3. The SMILES string of the molecule is Cc1nc(-c2nn(COCC[Si](C)(C)C)c3c2C(C(C)(C)C)N(C(=O)O)CC3)cs1. The fraction of sp³-hybridized carbons (Fsp3) is 0.667. The summed E-state index contributed by atoms with van der Waals surface area (Å²) in [5, 5.41) is 17.8. The highest BCUT2D eigenvalue weighted by Gasteiger charge is 2.43. The van der Waals surface area contributed by atoms with E-state index in [0.717, 1.165) is 40.3 Å². The number of carboxylic acid groups (broad SMARTS) is 1. The Morgan fingerprint density at radius 2 is 2.07 bits per heavy atom. The summed E-state index contributed by atoms with van der Waals surface area (Å²) in [6.45, 7) is 16.8. The van der Waals surface area contributed by atoms with Crippen molar-refractivity contribution in [1.29, 1.82) is 0 Å². The van der Waals surface area contributed by atoms with E-state index in [4.69, 9.17) is 9.84 Å². The van der Waals surface area contributed by atoms with Gasteiger partial charge in [-0.3, -0.25) is 0 Å². The molecule has 0 radical (unpaired) electrons. The van der Waals surface area contributed by atoms with Crippen LogP contribution in [0.3, 0.4) is 0 Å². The Hall–Kier alpha value is -1.71. The molecule has 7 nitrogen and oxygen atoms in total. The standard InChI is InChI=1S/C21H34N4O3SSi/c1-14-22-15(12-29-14)18-17-16(25(23-18)13-28-10-11-30(5,6)7)8-9-24(20(26)27)19(17)21(2,3)4/h12,19H,8-11,13H2,1-7H3,(H,26,27). The summed E-state index contributed by atoms with van der Waals surface area (Å²) in [5.74, 6) is 0. The van der Waals surface area contributed by atoms with Crippen molar-refractivity contribution < 1.29 is 14.6 Å². The quantitative estimate of drug-likeness (QED) is 0.480. The summed E-state index contributed by atoms with van der Waals surface area (Å²) in [6, 6.07) is 0.818. The first-order valence-corrected chi connectivity index (χ1v) is 15.1. The van der Waals surface area contributed by atoms with Crippen LogP contribution in [0, 0.1) is 12.3 Å². The predicted molar refractivity (Wildman–Crippen MR) is 123 cm³/mol. The zero-order chi connectivity index (χ0) is 22.3. The molecule has 0 saturated heterocycles. The van der Waals surface area contributed by atoms with Crippen molar-refractivity contribution >= 4 is 25.5 Å². The van der Waals surface area contributed by atoms with Crippen LogP contribution in [0.5, 0.6) is 0 Å². The maximum Gasteiger partial charge on any atom is 0.407 e. The summed E-state index contributed by atoms with van der Waals surface area (Å²) < 4.78 is 7.93. The average molecular weight is 451 g/mol. The average Bonchev–Trinajstić information content (AvgIpc) is 3.19. The van der Waals surface area contributed by atoms with Gasteiger partial charge in [0.1, 0.15) is 18.1 Å². The first-order valence-electron chi connectivity index (χ1n) is 10.5. The Balaban J connectivity index is 2.03. The van der Waals surface area contributed by atoms with Gasteiger partial charge in [0.25, 0.3) is 0 Å². The minimum Gasteiger partial charge on any atom is -0.465 e. The normalized spacial score (nSPS) is 17.3. The van der Waals surface area contributed by atoms with Crippen molar-refractivity contribution in [2.24, 2.45) is 5.41 Å². The van der Waals surface area contributed by atoms with E-state index in [1.807, 2.05) is 17.0 Å². The number of thiazole rings is 1. The van der Waals surface area contributed by atoms with Gasteiger partial charge in [-0.1, -0.05) is 40.4 Å². The molecule has 9 heteroatoms. The topological polar surface area (TPSA) is 80.5 Å². The van der Waals surface area contributed by atoms with Crippen LogP contribution in [0.1, 0.15) is 43.1 Å². The molecule has 0 aromatic carbocycles. The maximum atomic E-state index is 12.0. The van der Waals surface area contributed by atoms with E-state index in [-0.39, 0.29) is 11.5 Å². The third-order valence-corrected chi connectivity index (χ3v) is 7.89. The van der Waals surface area contributed by atoms with E-state index in [1.54, 1.807) is 16.2 Å². The van der Waals surface area contributed by atoms with Crippen LogP contribution < -0.4 is 0 Å². The van der Waals surface area contributed by atoms with E-state index < -0.39 is 14.2 Å². The molecule has 30 heavy (non-hydrogen) atoms. The maximum absolute atomic E-state index is 12.0. The minimum atomic E-state index is -1.16. The Morgan fingerprint density at radius 1 is 1.37 bits per heavy atom. The van der Waals surface area contributed by atoms with Crippen molar-refractivity contribution in [3.8, 4) is 11.4 Å². The molecule has 2 aromatic rings. The summed E-state index contributed by atoms with van der Waals surface area (Å²) in [7, 11) is -1.16. The first-order chi connectivity index (χ1) is 13.9. The number of hydrogen-bond acceptors (Lipinski definition) is 5. The van der Waals surface area contributed by atoms with Gasteiger partial charge in [-0.05, 0) is 18.4 Å². The highest BCUT2D eigenvalue weighted by Crippen LogP contribution is 2.46. The Bertz CT molecular complexity index is 910. The lowest BCUT2D eigenvalue weighted by atomic mass is 9.78. The predicted octanol–water partition coefficient (Wildman–Crippen LogP) is 5.25. The van der Waals surface area contributed by atoms with E-state index in [0.29, 0.717) is 19.7 Å². The van der Waals surface area contributed by atoms with Gasteiger partial charge in [-0.2, -0.15) is 5.10 Å². The van der Waals surface area contributed by atoms with Crippen molar-refractivity contribution in [3.63, 3.8) is 0 Å². The van der Waals surface area contributed by atoms with Gasteiger partial charge in [-0.25, -0.2) is 14.5 Å². The first kappa shape index (κ1) is 23.0. The summed E-state index contributed by atoms with van der Waals surface area (Å²) in [4.78, 5) is 18.3. The number of amides is 1. The molecular weight excluding hydrogens is 416 g/mol. The van der Waals surface area contributed by atoms with Crippen LogP contribution in [0.2, 0.25) is 25.7 Å². The van der Waals surface area contributed by atoms with Gasteiger partial charge in [0, 0.05) is 44.3 Å². The Morgan fingerprint density at radius 3 is 2.60 bits per heavy atom. The third kappa shape index (κ3) is 4.95. The summed E-state index contributed by atoms with van der Waals surface area (Å²) in [6.07, 6.45) is -0.262. The van der Waals surface area contributed by atoms with Gasteiger partial charge in [0.15, 0.2) is 0 Å². The molecule has 2 aromatic heterocycles. The minimum absolute atomic E-state index is 0.278. The van der Waals surface area contributed by atoms with Gasteiger partial charge >= 0.3 is 6.09 Å². The molecule has 0 saturated carbocycles. The molecule has 3 rings (SSSR count). The lowest BCUT2D eigenvalue weighted by Crippen LogP contribution is -2.45. The fourth-order valence-corrected chi connectivity index (χ4v) is 5.33. The van der Waals surface area contributed by atoms with Gasteiger partial charge in [0.2, 0.25) is 0 Å². The highest BCUT2D eigenvalue weighted by molar-refractivity contribution is 7.09. The molecule has 0 aliphatic carbocycles. The number of carbonyl (C=O) groups is 1. The van der Waals surface area contributed by atoms with Crippen LogP contribution in [0.15, 0.2) is 5.38 Å². The van der Waals surface area contributed by atoms with Crippen LogP contribution in [0.4, 0.5) is 4.79 Å². The second-order valence-corrected chi connectivity index (χ2v) is 17.0. The van der Waals surface area contributed by atoms with E-state index >= 15 is 0 Å². The molecule has 3 heterocycles. The molecule has 1 aliphatic heterocycles. The number of hydrogen-bond donors (Lipinski definition) is 1. The number of nitrogens with zero attached hydrogens (tertiary/aromatic N) is 4. The third-order valence-electron chi connectivity index (χ3n) is 5.41. The number of fused-ring (bicyclic) bond motifs is 1. The lowest BCUT2D eigenvalue weighted by Gasteiger charge is -2.42. The fourth-order valence-electron chi connectivity index (χ4n) is 3.98. The number of rotatable bonds is 6.